The van der Waals surface area contributed by atoms with Crippen LogP contribution in [0.3, 0.4) is 0 Å². The number of halogens is 1. The van der Waals surface area contributed by atoms with Gasteiger partial charge in [0.1, 0.15) is 5.15 Å². The molecule has 1 amide bonds. The normalized spacial score (nSPS) is 17.9. The first-order valence-corrected chi connectivity index (χ1v) is 6.38. The van der Waals surface area contributed by atoms with Crippen molar-refractivity contribution in [3.05, 3.63) is 53.2 Å². The van der Waals surface area contributed by atoms with Crippen LogP contribution in [0.4, 0.5) is 11.5 Å². The summed E-state index contributed by atoms with van der Waals surface area (Å²) in [6, 6.07) is 13.1. The molecule has 96 valence electrons. The molecule has 0 aliphatic carbocycles. The lowest BCUT2D eigenvalue weighted by molar-refractivity contribution is -0.117. The Morgan fingerprint density at radius 1 is 1.16 bits per heavy atom. The zero-order valence-electron chi connectivity index (χ0n) is 10.1. The van der Waals surface area contributed by atoms with Gasteiger partial charge in [-0.05, 0) is 17.7 Å². The van der Waals surface area contributed by atoms with Gasteiger partial charge in [-0.2, -0.15) is 0 Å². The summed E-state index contributed by atoms with van der Waals surface area (Å²) in [6.07, 6.45) is 0. The van der Waals surface area contributed by atoms with Crippen LogP contribution in [0.15, 0.2) is 42.5 Å². The lowest BCUT2D eigenvalue weighted by Crippen LogP contribution is -2.23. The fourth-order valence-corrected chi connectivity index (χ4v) is 2.28. The average Bonchev–Trinajstić information content (AvgIpc) is 2.58. The molecule has 0 bridgehead atoms. The van der Waals surface area contributed by atoms with E-state index in [-0.39, 0.29) is 11.8 Å². The number of aromatic nitrogens is 1. The SMILES string of the molecule is O=C1Nc2ccc(Cl)nc2NCC1c1ccccc1. The second kappa shape index (κ2) is 4.90. The van der Waals surface area contributed by atoms with Crippen molar-refractivity contribution in [1.29, 1.82) is 0 Å². The number of hydrogen-bond donors (Lipinski definition) is 2. The molecule has 2 aromatic rings. The topological polar surface area (TPSA) is 54.0 Å². The van der Waals surface area contributed by atoms with E-state index in [2.05, 4.69) is 15.6 Å². The van der Waals surface area contributed by atoms with Crippen molar-refractivity contribution in [3.8, 4) is 0 Å². The number of benzene rings is 1. The monoisotopic (exact) mass is 273 g/mol. The number of fused-ring (bicyclic) bond motifs is 1. The molecule has 0 fully saturated rings. The molecule has 0 radical (unpaired) electrons. The highest BCUT2D eigenvalue weighted by molar-refractivity contribution is 6.29. The highest BCUT2D eigenvalue weighted by atomic mass is 35.5. The number of anilines is 2. The van der Waals surface area contributed by atoms with Gasteiger partial charge in [-0.25, -0.2) is 4.98 Å². The maximum atomic E-state index is 12.3. The molecule has 1 aliphatic rings. The standard InChI is InChI=1S/C14H12ClN3O/c15-12-7-6-11-13(18-12)16-8-10(14(19)17-11)9-4-2-1-3-5-9/h1-7,10H,8H2,(H,16,18)(H,17,19). The van der Waals surface area contributed by atoms with E-state index in [0.717, 1.165) is 5.56 Å². The quantitative estimate of drug-likeness (QED) is 0.786. The number of carbonyl (C=O) groups excluding carboxylic acids is 1. The van der Waals surface area contributed by atoms with Gasteiger partial charge in [-0.1, -0.05) is 41.9 Å². The van der Waals surface area contributed by atoms with E-state index in [9.17, 15) is 4.79 Å². The Hall–Kier alpha value is -2.07. The first-order valence-electron chi connectivity index (χ1n) is 6.00. The maximum Gasteiger partial charge on any atom is 0.233 e. The molecule has 4 nitrogen and oxygen atoms in total. The zero-order chi connectivity index (χ0) is 13.2. The maximum absolute atomic E-state index is 12.3. The first kappa shape index (κ1) is 12.0. The van der Waals surface area contributed by atoms with Crippen molar-refractivity contribution in [3.63, 3.8) is 0 Å². The number of nitrogens with zero attached hydrogens (tertiary/aromatic N) is 1. The Balaban J connectivity index is 1.92. The molecule has 1 aromatic heterocycles. The third kappa shape index (κ3) is 2.39. The van der Waals surface area contributed by atoms with Crippen molar-refractivity contribution >= 4 is 29.0 Å². The Morgan fingerprint density at radius 2 is 1.95 bits per heavy atom. The van der Waals surface area contributed by atoms with Crippen LogP contribution in [-0.4, -0.2) is 17.4 Å². The van der Waals surface area contributed by atoms with E-state index in [1.807, 2.05) is 30.3 Å². The molecule has 19 heavy (non-hydrogen) atoms. The van der Waals surface area contributed by atoms with Gasteiger partial charge in [0, 0.05) is 6.54 Å². The summed E-state index contributed by atoms with van der Waals surface area (Å²) in [6.45, 7) is 0.496. The van der Waals surface area contributed by atoms with E-state index in [0.29, 0.717) is 23.2 Å². The number of nitrogens with one attached hydrogen (secondary N) is 2. The lowest BCUT2D eigenvalue weighted by atomic mass is 9.98. The Labute approximate surface area is 115 Å². The van der Waals surface area contributed by atoms with Crippen molar-refractivity contribution < 1.29 is 4.79 Å². The second-order valence-electron chi connectivity index (χ2n) is 4.36. The molecule has 5 heteroatoms. The minimum atomic E-state index is -0.242. The molecule has 1 aromatic carbocycles. The predicted octanol–water partition coefficient (Wildman–Crippen LogP) is 2.88. The largest absolute Gasteiger partial charge is 0.367 e. The lowest BCUT2D eigenvalue weighted by Gasteiger charge is -2.13. The van der Waals surface area contributed by atoms with E-state index in [1.54, 1.807) is 12.1 Å². The van der Waals surface area contributed by atoms with E-state index < -0.39 is 0 Å². The zero-order valence-corrected chi connectivity index (χ0v) is 10.8. The molecule has 1 aliphatic heterocycles. The van der Waals surface area contributed by atoms with Crippen LogP contribution in [0.2, 0.25) is 5.15 Å². The minimum absolute atomic E-state index is 0.0402. The van der Waals surface area contributed by atoms with Gasteiger partial charge in [0.05, 0.1) is 11.6 Å². The Bertz CT molecular complexity index is 615. The summed E-state index contributed by atoms with van der Waals surface area (Å²) >= 11 is 5.86. The average molecular weight is 274 g/mol. The second-order valence-corrected chi connectivity index (χ2v) is 4.75. The third-order valence-electron chi connectivity index (χ3n) is 3.11. The fourth-order valence-electron chi connectivity index (χ4n) is 2.14. The van der Waals surface area contributed by atoms with Crippen LogP contribution in [0.25, 0.3) is 0 Å². The van der Waals surface area contributed by atoms with Crippen LogP contribution in [0, 0.1) is 0 Å². The van der Waals surface area contributed by atoms with Crippen LogP contribution in [0.5, 0.6) is 0 Å². The van der Waals surface area contributed by atoms with Gasteiger partial charge in [0.25, 0.3) is 0 Å². The molecule has 2 heterocycles. The smallest absolute Gasteiger partial charge is 0.233 e. The molecular formula is C14H12ClN3O. The van der Waals surface area contributed by atoms with Gasteiger partial charge in [-0.3, -0.25) is 4.79 Å². The van der Waals surface area contributed by atoms with Gasteiger partial charge in [0.2, 0.25) is 5.91 Å². The van der Waals surface area contributed by atoms with Crippen molar-refractivity contribution in [2.24, 2.45) is 0 Å². The van der Waals surface area contributed by atoms with Gasteiger partial charge in [0.15, 0.2) is 5.82 Å². The third-order valence-corrected chi connectivity index (χ3v) is 3.32. The molecule has 1 atom stereocenters. The summed E-state index contributed by atoms with van der Waals surface area (Å²) in [4.78, 5) is 16.4. The molecular weight excluding hydrogens is 262 g/mol. The predicted molar refractivity (Wildman–Crippen MR) is 75.5 cm³/mol. The fraction of sp³-hybridized carbons (Fsp3) is 0.143. The summed E-state index contributed by atoms with van der Waals surface area (Å²) in [5, 5.41) is 6.44. The Morgan fingerprint density at radius 3 is 2.74 bits per heavy atom. The summed E-state index contributed by atoms with van der Waals surface area (Å²) in [5.74, 6) is 0.329. The van der Waals surface area contributed by atoms with Gasteiger partial charge >= 0.3 is 0 Å². The summed E-state index contributed by atoms with van der Waals surface area (Å²) < 4.78 is 0. The molecule has 2 N–H and O–H groups in total. The van der Waals surface area contributed by atoms with Crippen LogP contribution in [0.1, 0.15) is 11.5 Å². The van der Waals surface area contributed by atoms with E-state index >= 15 is 0 Å². The molecule has 0 saturated carbocycles. The van der Waals surface area contributed by atoms with Crippen LogP contribution >= 0.6 is 11.6 Å². The molecule has 1 unspecified atom stereocenters. The molecule has 0 saturated heterocycles. The number of pyridine rings is 1. The van der Waals surface area contributed by atoms with Crippen LogP contribution < -0.4 is 10.6 Å². The molecule has 3 rings (SSSR count). The van der Waals surface area contributed by atoms with Gasteiger partial charge < -0.3 is 10.6 Å². The molecule has 0 spiro atoms. The number of hydrogen-bond acceptors (Lipinski definition) is 3. The minimum Gasteiger partial charge on any atom is -0.367 e. The first-order chi connectivity index (χ1) is 9.24. The number of carbonyl (C=O) groups is 1. The van der Waals surface area contributed by atoms with Crippen molar-refractivity contribution in [1.82, 2.24) is 4.98 Å². The van der Waals surface area contributed by atoms with Gasteiger partial charge in [-0.15, -0.1) is 0 Å². The summed E-state index contributed by atoms with van der Waals surface area (Å²) in [5.41, 5.74) is 1.64. The van der Waals surface area contributed by atoms with Crippen molar-refractivity contribution in [2.75, 3.05) is 17.2 Å². The summed E-state index contributed by atoms with van der Waals surface area (Å²) in [7, 11) is 0. The highest BCUT2D eigenvalue weighted by Gasteiger charge is 2.25. The van der Waals surface area contributed by atoms with E-state index in [1.165, 1.54) is 0 Å². The Kier molecular flexibility index (Phi) is 3.09. The number of amides is 1. The highest BCUT2D eigenvalue weighted by Crippen LogP contribution is 2.28. The van der Waals surface area contributed by atoms with Crippen LogP contribution in [-0.2, 0) is 4.79 Å². The number of rotatable bonds is 1. The van der Waals surface area contributed by atoms with E-state index in [4.69, 9.17) is 11.6 Å². The van der Waals surface area contributed by atoms with Crippen molar-refractivity contribution in [2.45, 2.75) is 5.92 Å².